The second kappa shape index (κ2) is 6.15. The molecule has 1 aliphatic carbocycles. The van der Waals surface area contributed by atoms with Gasteiger partial charge in [-0.15, -0.1) is 0 Å². The van der Waals surface area contributed by atoms with Gasteiger partial charge >= 0.3 is 0 Å². The molecule has 1 heterocycles. The predicted molar refractivity (Wildman–Crippen MR) is 68.5 cm³/mol. The summed E-state index contributed by atoms with van der Waals surface area (Å²) in [4.78, 5) is 4.30. The van der Waals surface area contributed by atoms with Crippen LogP contribution in [0.5, 0.6) is 0 Å². The van der Waals surface area contributed by atoms with Crippen LogP contribution in [0.25, 0.3) is 0 Å². The number of aromatic nitrogens is 3. The van der Waals surface area contributed by atoms with Crippen molar-refractivity contribution in [3.63, 3.8) is 0 Å². The highest BCUT2D eigenvalue weighted by atomic mass is 15.3. The molecule has 1 aliphatic rings. The van der Waals surface area contributed by atoms with E-state index in [1.54, 1.807) is 6.33 Å². The van der Waals surface area contributed by atoms with Crippen molar-refractivity contribution in [2.24, 2.45) is 11.8 Å². The topological polar surface area (TPSA) is 42.7 Å². The molecule has 4 heteroatoms. The van der Waals surface area contributed by atoms with E-state index in [1.165, 1.54) is 19.3 Å². The SMILES string of the molecule is CCCn1ncnc1CNCC1CCC(C)C1. The van der Waals surface area contributed by atoms with Crippen LogP contribution in [-0.2, 0) is 13.1 Å². The highest BCUT2D eigenvalue weighted by molar-refractivity contribution is 4.84. The Kier molecular flexibility index (Phi) is 4.54. The second-order valence-corrected chi connectivity index (χ2v) is 5.31. The molecule has 1 aromatic heterocycles. The molecule has 0 aliphatic heterocycles. The fourth-order valence-corrected chi connectivity index (χ4v) is 2.72. The average molecular weight is 236 g/mol. The highest BCUT2D eigenvalue weighted by Gasteiger charge is 2.20. The lowest BCUT2D eigenvalue weighted by molar-refractivity contribution is 0.456. The van der Waals surface area contributed by atoms with Crippen molar-refractivity contribution in [2.75, 3.05) is 6.54 Å². The van der Waals surface area contributed by atoms with Gasteiger partial charge in [-0.25, -0.2) is 9.67 Å². The van der Waals surface area contributed by atoms with Crippen molar-refractivity contribution < 1.29 is 0 Å². The first-order valence-corrected chi connectivity index (χ1v) is 6.87. The van der Waals surface area contributed by atoms with Crippen LogP contribution < -0.4 is 5.32 Å². The first kappa shape index (κ1) is 12.6. The molecule has 1 aromatic rings. The first-order valence-electron chi connectivity index (χ1n) is 6.87. The van der Waals surface area contributed by atoms with Crippen molar-refractivity contribution in [3.8, 4) is 0 Å². The van der Waals surface area contributed by atoms with Crippen LogP contribution in [0, 0.1) is 11.8 Å². The standard InChI is InChI=1S/C13H24N4/c1-3-6-17-13(15-10-16-17)9-14-8-12-5-4-11(2)7-12/h10-12,14H,3-9H2,1-2H3. The van der Waals surface area contributed by atoms with Crippen molar-refractivity contribution in [1.82, 2.24) is 20.1 Å². The van der Waals surface area contributed by atoms with Gasteiger partial charge in [-0.05, 0) is 37.6 Å². The van der Waals surface area contributed by atoms with Gasteiger partial charge in [0.2, 0.25) is 0 Å². The second-order valence-electron chi connectivity index (χ2n) is 5.31. The van der Waals surface area contributed by atoms with E-state index >= 15 is 0 Å². The molecule has 1 fully saturated rings. The minimum Gasteiger partial charge on any atom is -0.310 e. The summed E-state index contributed by atoms with van der Waals surface area (Å²) in [5, 5.41) is 7.76. The summed E-state index contributed by atoms with van der Waals surface area (Å²) in [5.74, 6) is 2.86. The molecule has 96 valence electrons. The summed E-state index contributed by atoms with van der Waals surface area (Å²) in [6.07, 6.45) is 6.93. The van der Waals surface area contributed by atoms with Gasteiger partial charge in [-0.2, -0.15) is 5.10 Å². The zero-order valence-electron chi connectivity index (χ0n) is 11.0. The van der Waals surface area contributed by atoms with E-state index in [4.69, 9.17) is 0 Å². The number of hydrogen-bond acceptors (Lipinski definition) is 3. The Morgan fingerprint density at radius 3 is 3.06 bits per heavy atom. The monoisotopic (exact) mass is 236 g/mol. The van der Waals surface area contributed by atoms with E-state index in [0.717, 1.165) is 43.7 Å². The predicted octanol–water partition coefficient (Wildman–Crippen LogP) is 2.21. The zero-order valence-corrected chi connectivity index (χ0v) is 11.0. The molecule has 0 saturated heterocycles. The van der Waals surface area contributed by atoms with Crippen LogP contribution in [0.1, 0.15) is 45.4 Å². The van der Waals surface area contributed by atoms with Gasteiger partial charge in [-0.3, -0.25) is 0 Å². The van der Waals surface area contributed by atoms with Gasteiger partial charge in [0, 0.05) is 6.54 Å². The summed E-state index contributed by atoms with van der Waals surface area (Å²) in [6.45, 7) is 7.47. The van der Waals surface area contributed by atoms with Crippen LogP contribution in [0.2, 0.25) is 0 Å². The number of nitrogens with one attached hydrogen (secondary N) is 1. The Balaban J connectivity index is 1.72. The fraction of sp³-hybridized carbons (Fsp3) is 0.846. The van der Waals surface area contributed by atoms with Gasteiger partial charge in [0.15, 0.2) is 0 Å². The summed E-state index contributed by atoms with van der Waals surface area (Å²) in [7, 11) is 0. The van der Waals surface area contributed by atoms with Gasteiger partial charge in [0.25, 0.3) is 0 Å². The smallest absolute Gasteiger partial charge is 0.140 e. The van der Waals surface area contributed by atoms with Crippen LogP contribution in [0.3, 0.4) is 0 Å². The van der Waals surface area contributed by atoms with Crippen LogP contribution in [-0.4, -0.2) is 21.3 Å². The third-order valence-corrected chi connectivity index (χ3v) is 3.65. The van der Waals surface area contributed by atoms with Crippen LogP contribution >= 0.6 is 0 Å². The van der Waals surface area contributed by atoms with E-state index in [9.17, 15) is 0 Å². The molecule has 17 heavy (non-hydrogen) atoms. The zero-order chi connectivity index (χ0) is 12.1. The molecule has 2 atom stereocenters. The van der Waals surface area contributed by atoms with E-state index < -0.39 is 0 Å². The number of hydrogen-bond donors (Lipinski definition) is 1. The average Bonchev–Trinajstić information content (AvgIpc) is 2.90. The van der Waals surface area contributed by atoms with Gasteiger partial charge < -0.3 is 5.32 Å². The lowest BCUT2D eigenvalue weighted by Gasteiger charge is -2.11. The quantitative estimate of drug-likeness (QED) is 0.823. The van der Waals surface area contributed by atoms with Gasteiger partial charge in [0.1, 0.15) is 12.2 Å². The molecular formula is C13H24N4. The Hall–Kier alpha value is -0.900. The van der Waals surface area contributed by atoms with Crippen molar-refractivity contribution in [1.29, 1.82) is 0 Å². The molecule has 1 N–H and O–H groups in total. The first-order chi connectivity index (χ1) is 8.29. The normalized spacial score (nSPS) is 24.4. The van der Waals surface area contributed by atoms with E-state index in [-0.39, 0.29) is 0 Å². The van der Waals surface area contributed by atoms with Gasteiger partial charge in [-0.1, -0.05) is 20.3 Å². The maximum absolute atomic E-state index is 4.30. The molecular weight excluding hydrogens is 212 g/mol. The molecule has 4 nitrogen and oxygen atoms in total. The third-order valence-electron chi connectivity index (χ3n) is 3.65. The van der Waals surface area contributed by atoms with Crippen molar-refractivity contribution in [2.45, 2.75) is 52.6 Å². The number of rotatable bonds is 6. The van der Waals surface area contributed by atoms with E-state index in [0.29, 0.717) is 0 Å². The molecule has 0 radical (unpaired) electrons. The Labute approximate surface area is 104 Å². The fourth-order valence-electron chi connectivity index (χ4n) is 2.72. The third kappa shape index (κ3) is 3.53. The molecule has 0 amide bonds. The minimum atomic E-state index is 0.852. The summed E-state index contributed by atoms with van der Waals surface area (Å²) >= 11 is 0. The lowest BCUT2D eigenvalue weighted by atomic mass is 10.1. The summed E-state index contributed by atoms with van der Waals surface area (Å²) in [6, 6.07) is 0. The lowest BCUT2D eigenvalue weighted by Crippen LogP contribution is -2.23. The van der Waals surface area contributed by atoms with E-state index in [2.05, 4.69) is 29.2 Å². The molecule has 1 saturated carbocycles. The maximum Gasteiger partial charge on any atom is 0.140 e. The Morgan fingerprint density at radius 1 is 1.47 bits per heavy atom. The maximum atomic E-state index is 4.30. The van der Waals surface area contributed by atoms with Crippen LogP contribution in [0.15, 0.2) is 6.33 Å². The molecule has 2 rings (SSSR count). The minimum absolute atomic E-state index is 0.852. The Morgan fingerprint density at radius 2 is 2.35 bits per heavy atom. The summed E-state index contributed by atoms with van der Waals surface area (Å²) in [5.41, 5.74) is 0. The van der Waals surface area contributed by atoms with Gasteiger partial charge in [0.05, 0.1) is 6.54 Å². The van der Waals surface area contributed by atoms with E-state index in [1.807, 2.05) is 4.68 Å². The van der Waals surface area contributed by atoms with Crippen LogP contribution in [0.4, 0.5) is 0 Å². The number of nitrogens with zero attached hydrogens (tertiary/aromatic N) is 3. The Bertz CT molecular complexity index is 334. The summed E-state index contributed by atoms with van der Waals surface area (Å²) < 4.78 is 2.00. The largest absolute Gasteiger partial charge is 0.310 e. The molecule has 2 unspecified atom stereocenters. The highest BCUT2D eigenvalue weighted by Crippen LogP contribution is 2.29. The molecule has 0 aromatic carbocycles. The number of aryl methyl sites for hydroxylation is 1. The molecule has 0 bridgehead atoms. The van der Waals surface area contributed by atoms with Crippen molar-refractivity contribution in [3.05, 3.63) is 12.2 Å². The van der Waals surface area contributed by atoms with Crippen molar-refractivity contribution >= 4 is 0 Å². The molecule has 0 spiro atoms.